The molecule has 3 aromatic rings. The molecule has 7 heteroatoms. The number of hydrogen-bond donors (Lipinski definition) is 1. The van der Waals surface area contributed by atoms with Gasteiger partial charge in [-0.25, -0.2) is 0 Å². The Bertz CT molecular complexity index is 934. The molecule has 1 N–H and O–H groups in total. The Hall–Kier alpha value is -3.22. The first-order valence-electron chi connectivity index (χ1n) is 8.28. The molecule has 0 bridgehead atoms. The number of benzene rings is 1. The number of aromatic nitrogens is 3. The molecule has 2 aromatic heterocycles. The van der Waals surface area contributed by atoms with Gasteiger partial charge in [-0.1, -0.05) is 19.0 Å². The molecule has 134 valence electrons. The van der Waals surface area contributed by atoms with Gasteiger partial charge in [0, 0.05) is 30.8 Å². The Kier molecular flexibility index (Phi) is 4.97. The fourth-order valence-electron chi connectivity index (χ4n) is 2.39. The monoisotopic (exact) mass is 352 g/mol. The first-order valence-corrected chi connectivity index (χ1v) is 8.28. The molecule has 1 amide bonds. The first kappa shape index (κ1) is 17.6. The lowest BCUT2D eigenvalue weighted by Gasteiger charge is -2.09. The number of carbonyl (C=O) groups excluding carboxylic acids is 1. The van der Waals surface area contributed by atoms with Gasteiger partial charge in [0.05, 0.1) is 0 Å². The number of aryl methyl sites for hydroxylation is 1. The van der Waals surface area contributed by atoms with E-state index in [2.05, 4.69) is 20.4 Å². The van der Waals surface area contributed by atoms with Crippen LogP contribution in [0.2, 0.25) is 0 Å². The van der Waals surface area contributed by atoms with E-state index in [-0.39, 0.29) is 11.8 Å². The lowest BCUT2D eigenvalue weighted by atomic mass is 10.1. The van der Waals surface area contributed by atoms with Crippen molar-refractivity contribution < 1.29 is 14.1 Å². The quantitative estimate of drug-likeness (QED) is 0.753. The second-order valence-corrected chi connectivity index (χ2v) is 6.15. The summed E-state index contributed by atoms with van der Waals surface area (Å²) < 4.78 is 11.1. The number of pyridine rings is 1. The van der Waals surface area contributed by atoms with Crippen molar-refractivity contribution in [1.29, 1.82) is 0 Å². The lowest BCUT2D eigenvalue weighted by Crippen LogP contribution is -2.18. The predicted octanol–water partition coefficient (Wildman–Crippen LogP) is 3.72. The highest BCUT2D eigenvalue weighted by Gasteiger charge is 2.14. The second-order valence-electron chi connectivity index (χ2n) is 6.15. The number of nitrogens with zero attached hydrogens (tertiary/aromatic N) is 3. The van der Waals surface area contributed by atoms with Gasteiger partial charge in [-0.2, -0.15) is 4.98 Å². The molecule has 0 saturated heterocycles. The second kappa shape index (κ2) is 7.35. The van der Waals surface area contributed by atoms with Gasteiger partial charge in [-0.05, 0) is 36.8 Å². The van der Waals surface area contributed by atoms with Crippen molar-refractivity contribution in [1.82, 2.24) is 20.4 Å². The number of nitrogens with one attached hydrogen (secondary N) is 1. The van der Waals surface area contributed by atoms with Crippen LogP contribution in [-0.4, -0.2) is 28.1 Å². The van der Waals surface area contributed by atoms with Gasteiger partial charge in [-0.3, -0.25) is 9.78 Å². The molecule has 26 heavy (non-hydrogen) atoms. The van der Waals surface area contributed by atoms with Gasteiger partial charge in [0.15, 0.2) is 0 Å². The lowest BCUT2D eigenvalue weighted by molar-refractivity contribution is 0.0958. The largest absolute Gasteiger partial charge is 0.457 e. The molecule has 0 unspecified atom stereocenters. The molecule has 3 rings (SSSR count). The van der Waals surface area contributed by atoms with Gasteiger partial charge in [0.2, 0.25) is 11.7 Å². The van der Waals surface area contributed by atoms with Crippen molar-refractivity contribution >= 4 is 5.91 Å². The molecule has 0 aliphatic rings. The summed E-state index contributed by atoms with van der Waals surface area (Å²) in [6, 6.07) is 8.90. The van der Waals surface area contributed by atoms with Crippen molar-refractivity contribution in [2.45, 2.75) is 26.7 Å². The highest BCUT2D eigenvalue weighted by atomic mass is 16.5. The molecule has 1 aromatic carbocycles. The molecule has 0 atom stereocenters. The van der Waals surface area contributed by atoms with Crippen LogP contribution >= 0.6 is 0 Å². The summed E-state index contributed by atoms with van der Waals surface area (Å²) in [5.41, 5.74) is 2.14. The van der Waals surface area contributed by atoms with Gasteiger partial charge in [-0.15, -0.1) is 0 Å². The Morgan fingerprint density at radius 1 is 1.19 bits per heavy atom. The van der Waals surface area contributed by atoms with Crippen LogP contribution in [0.25, 0.3) is 11.4 Å². The van der Waals surface area contributed by atoms with Crippen molar-refractivity contribution in [2.75, 3.05) is 7.05 Å². The summed E-state index contributed by atoms with van der Waals surface area (Å²) >= 11 is 0. The van der Waals surface area contributed by atoms with E-state index in [0.717, 1.165) is 11.1 Å². The van der Waals surface area contributed by atoms with Crippen LogP contribution in [0.5, 0.6) is 11.5 Å². The van der Waals surface area contributed by atoms with Crippen LogP contribution in [0.4, 0.5) is 0 Å². The van der Waals surface area contributed by atoms with E-state index in [9.17, 15) is 4.79 Å². The minimum absolute atomic E-state index is 0.181. The van der Waals surface area contributed by atoms with Gasteiger partial charge >= 0.3 is 0 Å². The highest BCUT2D eigenvalue weighted by molar-refractivity contribution is 5.92. The summed E-state index contributed by atoms with van der Waals surface area (Å²) in [7, 11) is 1.56. The average molecular weight is 352 g/mol. The van der Waals surface area contributed by atoms with Crippen LogP contribution in [0, 0.1) is 6.92 Å². The topological polar surface area (TPSA) is 90.1 Å². The van der Waals surface area contributed by atoms with Gasteiger partial charge < -0.3 is 14.6 Å². The smallest absolute Gasteiger partial charge is 0.269 e. The van der Waals surface area contributed by atoms with E-state index >= 15 is 0 Å². The zero-order chi connectivity index (χ0) is 18.7. The van der Waals surface area contributed by atoms with E-state index in [1.54, 1.807) is 19.2 Å². The SMILES string of the molecule is CNC(=O)c1cc(Oc2ccc(-c3noc(C(C)C)n3)c(C)c2)ccn1. The standard InChI is InChI=1S/C19H20N4O3/c1-11(2)19-22-17(23-26-19)15-6-5-13(9-12(15)3)25-14-7-8-21-16(10-14)18(24)20-4/h5-11H,1-4H3,(H,20,24). The molecule has 0 aliphatic carbocycles. The maximum atomic E-state index is 11.7. The molecule has 2 heterocycles. The molecule has 0 fully saturated rings. The summed E-state index contributed by atoms with van der Waals surface area (Å²) in [5, 5.41) is 6.58. The third kappa shape index (κ3) is 3.72. The Balaban J connectivity index is 1.82. The summed E-state index contributed by atoms with van der Waals surface area (Å²) in [4.78, 5) is 20.1. The summed E-state index contributed by atoms with van der Waals surface area (Å²) in [6.07, 6.45) is 1.54. The minimum atomic E-state index is -0.264. The zero-order valence-corrected chi connectivity index (χ0v) is 15.1. The molecular weight excluding hydrogens is 332 g/mol. The molecule has 0 saturated carbocycles. The van der Waals surface area contributed by atoms with Crippen LogP contribution in [0.3, 0.4) is 0 Å². The maximum Gasteiger partial charge on any atom is 0.269 e. The van der Waals surface area contributed by atoms with Crippen molar-refractivity contribution in [3.05, 3.63) is 53.7 Å². The van der Waals surface area contributed by atoms with Crippen LogP contribution in [0.1, 0.15) is 41.7 Å². The fourth-order valence-corrected chi connectivity index (χ4v) is 2.39. The third-order valence-electron chi connectivity index (χ3n) is 3.80. The van der Waals surface area contributed by atoms with Crippen LogP contribution in [-0.2, 0) is 0 Å². The van der Waals surface area contributed by atoms with E-state index in [4.69, 9.17) is 9.26 Å². The summed E-state index contributed by atoms with van der Waals surface area (Å²) in [5.74, 6) is 2.27. The highest BCUT2D eigenvalue weighted by Crippen LogP contribution is 2.28. The van der Waals surface area contributed by atoms with Crippen molar-refractivity contribution in [3.63, 3.8) is 0 Å². The number of hydrogen-bond acceptors (Lipinski definition) is 6. The first-order chi connectivity index (χ1) is 12.5. The maximum absolute atomic E-state index is 11.7. The number of rotatable bonds is 5. The van der Waals surface area contributed by atoms with Crippen molar-refractivity contribution in [2.24, 2.45) is 0 Å². The Morgan fingerprint density at radius 2 is 1.96 bits per heavy atom. The molecule has 7 nitrogen and oxygen atoms in total. The molecular formula is C19H20N4O3. The third-order valence-corrected chi connectivity index (χ3v) is 3.80. The van der Waals surface area contributed by atoms with Crippen LogP contribution < -0.4 is 10.1 Å². The van der Waals surface area contributed by atoms with Crippen LogP contribution in [0.15, 0.2) is 41.1 Å². The van der Waals surface area contributed by atoms with E-state index in [0.29, 0.717) is 28.9 Å². The predicted molar refractivity (Wildman–Crippen MR) is 96.3 cm³/mol. The van der Waals surface area contributed by atoms with Gasteiger partial charge in [0.1, 0.15) is 17.2 Å². The zero-order valence-electron chi connectivity index (χ0n) is 15.1. The molecule has 0 radical (unpaired) electrons. The van der Waals surface area contributed by atoms with E-state index < -0.39 is 0 Å². The number of carbonyl (C=O) groups is 1. The van der Waals surface area contributed by atoms with E-state index in [1.165, 1.54) is 6.20 Å². The Morgan fingerprint density at radius 3 is 2.62 bits per heavy atom. The van der Waals surface area contributed by atoms with E-state index in [1.807, 2.05) is 39.0 Å². The minimum Gasteiger partial charge on any atom is -0.457 e. The Labute approximate surface area is 151 Å². The number of amides is 1. The van der Waals surface area contributed by atoms with Crippen molar-refractivity contribution in [3.8, 4) is 22.9 Å². The van der Waals surface area contributed by atoms with Gasteiger partial charge in [0.25, 0.3) is 5.91 Å². The number of ether oxygens (including phenoxy) is 1. The molecule has 0 spiro atoms. The fraction of sp³-hybridized carbons (Fsp3) is 0.263. The molecule has 0 aliphatic heterocycles. The normalized spacial score (nSPS) is 10.8. The summed E-state index contributed by atoms with van der Waals surface area (Å²) in [6.45, 7) is 5.96. The average Bonchev–Trinajstić information content (AvgIpc) is 3.11.